The van der Waals surface area contributed by atoms with Crippen LogP contribution in [0.3, 0.4) is 0 Å². The van der Waals surface area contributed by atoms with Gasteiger partial charge in [0.15, 0.2) is 5.65 Å². The monoisotopic (exact) mass is 591 g/mol. The quantitative estimate of drug-likeness (QED) is 0.269. The van der Waals surface area contributed by atoms with Crippen LogP contribution in [0.15, 0.2) is 65.7 Å². The van der Waals surface area contributed by atoms with Crippen LogP contribution in [0.25, 0.3) is 16.9 Å². The lowest BCUT2D eigenvalue weighted by Gasteiger charge is -2.56. The van der Waals surface area contributed by atoms with E-state index < -0.39 is 22.4 Å². The number of aromatic nitrogens is 3. The lowest BCUT2D eigenvalue weighted by Crippen LogP contribution is -2.59. The number of hydrogen-bond donors (Lipinski definition) is 2. The van der Waals surface area contributed by atoms with Gasteiger partial charge < -0.3 is 5.32 Å². The number of benzene rings is 2. The van der Waals surface area contributed by atoms with Gasteiger partial charge in [0.05, 0.1) is 16.8 Å². The second kappa shape index (κ2) is 9.95. The highest BCUT2D eigenvalue weighted by atomic mass is 32.2. The normalized spacial score (nSPS) is 24.9. The maximum Gasteiger partial charge on any atom is 0.280 e. The maximum atomic E-state index is 13.9. The maximum absolute atomic E-state index is 13.9. The van der Waals surface area contributed by atoms with Gasteiger partial charge in [0.1, 0.15) is 11.3 Å². The molecule has 8 rings (SSSR count). The molecule has 8 nitrogen and oxygen atoms in total. The van der Waals surface area contributed by atoms with Crippen molar-refractivity contribution in [2.24, 2.45) is 17.8 Å². The highest BCUT2D eigenvalue weighted by Gasteiger charge is 2.52. The standard InChI is InChI=1S/C31H31F2N5O3S/c1-18-2-4-22(5-3-18)26-13-27(28(32)33)38-29(36-26)25(17-34-38)30(39)35-23-6-8-24(9-7-23)42(40,41)37-31-14-19-10-20(15-31)12-21(11-19)16-31/h2-9,13,17,19-21,28,37H,10-12,14-16H2,1H3,(H,35,39). The highest BCUT2D eigenvalue weighted by Crippen LogP contribution is 2.56. The van der Waals surface area contributed by atoms with Crippen molar-refractivity contribution < 1.29 is 22.0 Å². The third-order valence-electron chi connectivity index (χ3n) is 9.13. The summed E-state index contributed by atoms with van der Waals surface area (Å²) in [5, 5.41) is 6.73. The van der Waals surface area contributed by atoms with E-state index in [1.807, 2.05) is 19.1 Å². The fraction of sp³-hybridized carbons (Fsp3) is 0.387. The van der Waals surface area contributed by atoms with Crippen molar-refractivity contribution in [2.45, 2.75) is 62.3 Å². The van der Waals surface area contributed by atoms with E-state index in [4.69, 9.17) is 0 Å². The Morgan fingerprint density at radius 2 is 1.60 bits per heavy atom. The lowest BCUT2D eigenvalue weighted by molar-refractivity contribution is -0.00810. The molecule has 2 heterocycles. The molecule has 4 aromatic rings. The summed E-state index contributed by atoms with van der Waals surface area (Å²) in [5.41, 5.74) is 1.59. The van der Waals surface area contributed by atoms with Crippen LogP contribution in [0.5, 0.6) is 0 Å². The third-order valence-corrected chi connectivity index (χ3v) is 10.7. The van der Waals surface area contributed by atoms with E-state index in [0.717, 1.165) is 29.3 Å². The molecule has 4 saturated carbocycles. The molecule has 2 aromatic heterocycles. The van der Waals surface area contributed by atoms with Gasteiger partial charge in [0.2, 0.25) is 10.0 Å². The first-order chi connectivity index (χ1) is 20.1. The SMILES string of the molecule is Cc1ccc(-c2cc(C(F)F)n3ncc(C(=O)Nc4ccc(S(=O)(=O)NC56CC7CC(CC(C7)C5)C6)cc4)c3n2)cc1. The van der Waals surface area contributed by atoms with Crippen LogP contribution < -0.4 is 10.0 Å². The van der Waals surface area contributed by atoms with Gasteiger partial charge in [0.25, 0.3) is 12.3 Å². The Labute approximate surface area is 242 Å². The molecule has 4 bridgehead atoms. The molecular weight excluding hydrogens is 560 g/mol. The van der Waals surface area contributed by atoms with Crippen LogP contribution in [-0.2, 0) is 10.0 Å². The van der Waals surface area contributed by atoms with E-state index in [1.54, 1.807) is 12.1 Å². The number of carbonyl (C=O) groups excluding carboxylic acids is 1. The molecule has 2 N–H and O–H groups in total. The summed E-state index contributed by atoms with van der Waals surface area (Å²) in [5.74, 6) is 1.23. The average molecular weight is 592 g/mol. The zero-order valence-corrected chi connectivity index (χ0v) is 23.9. The fourth-order valence-corrected chi connectivity index (χ4v) is 9.10. The summed E-state index contributed by atoms with van der Waals surface area (Å²) in [6.45, 7) is 1.92. The highest BCUT2D eigenvalue weighted by molar-refractivity contribution is 7.89. The predicted octanol–water partition coefficient (Wildman–Crippen LogP) is 6.14. The Morgan fingerprint density at radius 1 is 0.976 bits per heavy atom. The topological polar surface area (TPSA) is 105 Å². The molecule has 4 fully saturated rings. The Balaban J connectivity index is 1.12. The minimum absolute atomic E-state index is 0.000143. The van der Waals surface area contributed by atoms with Crippen molar-refractivity contribution in [1.29, 1.82) is 0 Å². The second-order valence-electron chi connectivity index (χ2n) is 12.3. The molecule has 42 heavy (non-hydrogen) atoms. The van der Waals surface area contributed by atoms with Crippen molar-refractivity contribution in [2.75, 3.05) is 5.32 Å². The van der Waals surface area contributed by atoms with Crippen LogP contribution in [0, 0.1) is 24.7 Å². The zero-order valence-electron chi connectivity index (χ0n) is 23.1. The molecule has 0 aliphatic heterocycles. The van der Waals surface area contributed by atoms with Crippen molar-refractivity contribution >= 4 is 27.3 Å². The van der Waals surface area contributed by atoms with Crippen LogP contribution >= 0.6 is 0 Å². The van der Waals surface area contributed by atoms with Gasteiger partial charge in [-0.3, -0.25) is 4.79 Å². The number of anilines is 1. The number of hydrogen-bond acceptors (Lipinski definition) is 5. The molecule has 218 valence electrons. The second-order valence-corrected chi connectivity index (χ2v) is 14.0. The summed E-state index contributed by atoms with van der Waals surface area (Å²) >= 11 is 0. The molecule has 4 aliphatic carbocycles. The van der Waals surface area contributed by atoms with Crippen LogP contribution in [0.1, 0.15) is 66.6 Å². The van der Waals surface area contributed by atoms with Crippen molar-refractivity contribution in [3.8, 4) is 11.3 Å². The molecule has 0 unspecified atom stereocenters. The van der Waals surface area contributed by atoms with E-state index in [2.05, 4.69) is 20.1 Å². The number of amides is 1. The molecule has 11 heteroatoms. The van der Waals surface area contributed by atoms with Crippen LogP contribution in [0.2, 0.25) is 0 Å². The number of nitrogens with zero attached hydrogens (tertiary/aromatic N) is 3. The first-order valence-corrected chi connectivity index (χ1v) is 15.8. The summed E-state index contributed by atoms with van der Waals surface area (Å²) in [4.78, 5) is 17.9. The van der Waals surface area contributed by atoms with Gasteiger partial charge in [-0.05, 0) is 93.5 Å². The number of alkyl halides is 2. The number of rotatable bonds is 7. The minimum atomic E-state index is -3.74. The molecule has 2 aromatic carbocycles. The molecule has 0 radical (unpaired) electrons. The van der Waals surface area contributed by atoms with E-state index in [-0.39, 0.29) is 27.3 Å². The van der Waals surface area contributed by atoms with E-state index in [0.29, 0.717) is 34.7 Å². The molecule has 4 aliphatic rings. The van der Waals surface area contributed by atoms with Gasteiger partial charge in [-0.2, -0.15) is 5.10 Å². The number of carbonyl (C=O) groups is 1. The summed E-state index contributed by atoms with van der Waals surface area (Å²) in [6, 6.07) is 14.5. The van der Waals surface area contributed by atoms with Crippen LogP contribution in [-0.4, -0.2) is 34.5 Å². The van der Waals surface area contributed by atoms with Crippen molar-refractivity contribution in [3.63, 3.8) is 0 Å². The predicted molar refractivity (Wildman–Crippen MR) is 154 cm³/mol. The number of sulfonamides is 1. The summed E-state index contributed by atoms with van der Waals surface area (Å²) in [7, 11) is -3.74. The third kappa shape index (κ3) is 4.88. The Kier molecular flexibility index (Phi) is 6.43. The van der Waals surface area contributed by atoms with E-state index in [9.17, 15) is 22.0 Å². The van der Waals surface area contributed by atoms with Crippen molar-refractivity contribution in [3.05, 3.63) is 77.6 Å². The molecule has 1 amide bonds. The summed E-state index contributed by atoms with van der Waals surface area (Å²) < 4.78 is 58.6. The number of fused-ring (bicyclic) bond motifs is 1. The number of aryl methyl sites for hydroxylation is 1. The molecular formula is C31H31F2N5O3S. The minimum Gasteiger partial charge on any atom is -0.322 e. The van der Waals surface area contributed by atoms with Crippen molar-refractivity contribution in [1.82, 2.24) is 19.3 Å². The lowest BCUT2D eigenvalue weighted by atomic mass is 9.53. The first kappa shape index (κ1) is 27.2. The van der Waals surface area contributed by atoms with E-state index in [1.165, 1.54) is 55.8 Å². The van der Waals surface area contributed by atoms with Crippen LogP contribution in [0.4, 0.5) is 14.5 Å². The molecule has 0 saturated heterocycles. The van der Waals surface area contributed by atoms with Gasteiger partial charge in [0, 0.05) is 16.8 Å². The number of halogens is 2. The van der Waals surface area contributed by atoms with Gasteiger partial charge in [-0.1, -0.05) is 29.8 Å². The summed E-state index contributed by atoms with van der Waals surface area (Å²) in [6.07, 6.45) is 4.72. The number of nitrogens with one attached hydrogen (secondary N) is 2. The fourth-order valence-electron chi connectivity index (χ4n) is 7.67. The zero-order chi connectivity index (χ0) is 29.2. The molecule has 0 atom stereocenters. The van der Waals surface area contributed by atoms with Gasteiger partial charge in [-0.15, -0.1) is 0 Å². The molecule has 0 spiro atoms. The average Bonchev–Trinajstić information content (AvgIpc) is 3.36. The Bertz CT molecular complexity index is 1750. The Hall–Kier alpha value is -3.70. The van der Waals surface area contributed by atoms with Gasteiger partial charge in [-0.25, -0.2) is 31.4 Å². The van der Waals surface area contributed by atoms with E-state index >= 15 is 0 Å². The smallest absolute Gasteiger partial charge is 0.280 e. The first-order valence-electron chi connectivity index (χ1n) is 14.3. The largest absolute Gasteiger partial charge is 0.322 e. The van der Waals surface area contributed by atoms with Gasteiger partial charge >= 0.3 is 0 Å². The Morgan fingerprint density at radius 3 is 2.19 bits per heavy atom.